The predicted molar refractivity (Wildman–Crippen MR) is 102 cm³/mol. The lowest BCUT2D eigenvalue weighted by molar-refractivity contribution is 0.313. The second-order valence-electron chi connectivity index (χ2n) is 6.55. The average molecular weight is 351 g/mol. The molecule has 134 valence electrons. The molecule has 1 aliphatic heterocycles. The van der Waals surface area contributed by atoms with Gasteiger partial charge in [-0.25, -0.2) is 9.78 Å². The van der Waals surface area contributed by atoms with Crippen LogP contribution in [0.3, 0.4) is 0 Å². The van der Waals surface area contributed by atoms with Gasteiger partial charge >= 0.3 is 5.63 Å². The van der Waals surface area contributed by atoms with Gasteiger partial charge in [-0.1, -0.05) is 0 Å². The summed E-state index contributed by atoms with van der Waals surface area (Å²) in [6.45, 7) is 4.01. The highest BCUT2D eigenvalue weighted by Gasteiger charge is 2.16. The number of rotatable bonds is 3. The Morgan fingerprint density at radius 3 is 2.65 bits per heavy atom. The third kappa shape index (κ3) is 3.15. The Labute approximate surface area is 151 Å². The minimum Gasteiger partial charge on any atom is -0.481 e. The summed E-state index contributed by atoms with van der Waals surface area (Å²) in [5, 5.41) is 0.897. The van der Waals surface area contributed by atoms with Crippen LogP contribution in [0.1, 0.15) is 0 Å². The van der Waals surface area contributed by atoms with Crippen molar-refractivity contribution in [2.45, 2.75) is 0 Å². The molecule has 6 nitrogen and oxygen atoms in total. The van der Waals surface area contributed by atoms with E-state index in [0.29, 0.717) is 17.0 Å². The number of pyridine rings is 1. The van der Waals surface area contributed by atoms with E-state index >= 15 is 0 Å². The first-order valence-electron chi connectivity index (χ1n) is 8.66. The fourth-order valence-electron chi connectivity index (χ4n) is 3.25. The van der Waals surface area contributed by atoms with Crippen LogP contribution < -0.4 is 15.3 Å². The number of fused-ring (bicyclic) bond motifs is 1. The quantitative estimate of drug-likeness (QED) is 0.676. The highest BCUT2D eigenvalue weighted by atomic mass is 16.5. The van der Waals surface area contributed by atoms with Crippen LogP contribution in [0.2, 0.25) is 0 Å². The number of benzene rings is 1. The van der Waals surface area contributed by atoms with Crippen LogP contribution in [-0.4, -0.2) is 50.2 Å². The van der Waals surface area contributed by atoms with Gasteiger partial charge in [-0.05, 0) is 36.9 Å². The molecule has 0 bridgehead atoms. The van der Waals surface area contributed by atoms with Crippen LogP contribution in [-0.2, 0) is 0 Å². The molecule has 0 aliphatic carbocycles. The molecule has 0 amide bonds. The maximum absolute atomic E-state index is 12.5. The monoisotopic (exact) mass is 351 g/mol. The van der Waals surface area contributed by atoms with Gasteiger partial charge < -0.3 is 19.0 Å². The molecule has 1 saturated heterocycles. The summed E-state index contributed by atoms with van der Waals surface area (Å²) in [5.74, 6) is 0.465. The predicted octanol–water partition coefficient (Wildman–Crippen LogP) is 2.62. The highest BCUT2D eigenvalue weighted by molar-refractivity contribution is 5.84. The molecule has 1 aromatic carbocycles. The third-order valence-corrected chi connectivity index (χ3v) is 4.84. The maximum Gasteiger partial charge on any atom is 0.344 e. The van der Waals surface area contributed by atoms with E-state index in [-0.39, 0.29) is 5.63 Å². The first-order valence-corrected chi connectivity index (χ1v) is 8.66. The van der Waals surface area contributed by atoms with Gasteiger partial charge in [-0.15, -0.1) is 0 Å². The third-order valence-electron chi connectivity index (χ3n) is 4.84. The molecule has 3 aromatic rings. The van der Waals surface area contributed by atoms with E-state index in [1.165, 1.54) is 0 Å². The zero-order valence-electron chi connectivity index (χ0n) is 14.9. The van der Waals surface area contributed by atoms with Gasteiger partial charge in [0.2, 0.25) is 5.88 Å². The van der Waals surface area contributed by atoms with Gasteiger partial charge in [0.15, 0.2) is 0 Å². The smallest absolute Gasteiger partial charge is 0.344 e. The first-order chi connectivity index (χ1) is 12.6. The number of nitrogens with zero attached hydrogens (tertiary/aromatic N) is 3. The largest absolute Gasteiger partial charge is 0.481 e. The topological polar surface area (TPSA) is 58.8 Å². The van der Waals surface area contributed by atoms with E-state index in [9.17, 15) is 4.79 Å². The lowest BCUT2D eigenvalue weighted by Gasteiger charge is -2.34. The van der Waals surface area contributed by atoms with Crippen molar-refractivity contribution in [1.29, 1.82) is 0 Å². The van der Waals surface area contributed by atoms with Gasteiger partial charge in [0.05, 0.1) is 12.7 Å². The zero-order chi connectivity index (χ0) is 18.1. The van der Waals surface area contributed by atoms with Gasteiger partial charge in [-0.3, -0.25) is 0 Å². The molecular formula is C20H21N3O3. The van der Waals surface area contributed by atoms with E-state index < -0.39 is 0 Å². The summed E-state index contributed by atoms with van der Waals surface area (Å²) in [5.41, 5.74) is 2.57. The average Bonchev–Trinajstić information content (AvgIpc) is 2.67. The first kappa shape index (κ1) is 16.6. The number of anilines is 1. The Kier molecular flexibility index (Phi) is 4.34. The maximum atomic E-state index is 12.5. The fraction of sp³-hybridized carbons (Fsp3) is 0.300. The lowest BCUT2D eigenvalue weighted by atomic mass is 10.1. The van der Waals surface area contributed by atoms with Gasteiger partial charge in [0, 0.05) is 55.6 Å². The second kappa shape index (κ2) is 6.80. The highest BCUT2D eigenvalue weighted by Crippen LogP contribution is 2.26. The van der Waals surface area contributed by atoms with Crippen molar-refractivity contribution in [3.8, 4) is 17.0 Å². The number of hydrogen-bond donors (Lipinski definition) is 0. The fourth-order valence-corrected chi connectivity index (χ4v) is 3.25. The Hall–Kier alpha value is -2.86. The number of likely N-dealkylation sites (N-methyl/N-ethyl adjacent to an activating group) is 1. The number of methoxy groups -OCH3 is 1. The number of piperazine rings is 1. The molecule has 4 rings (SSSR count). The molecule has 26 heavy (non-hydrogen) atoms. The van der Waals surface area contributed by atoms with E-state index in [2.05, 4.69) is 27.9 Å². The molecular weight excluding hydrogens is 330 g/mol. The molecule has 0 atom stereocenters. The van der Waals surface area contributed by atoms with Crippen molar-refractivity contribution in [3.63, 3.8) is 0 Å². The molecule has 6 heteroatoms. The number of aromatic nitrogens is 1. The summed E-state index contributed by atoms with van der Waals surface area (Å²) in [6, 6.07) is 11.4. The van der Waals surface area contributed by atoms with Crippen molar-refractivity contribution in [2.24, 2.45) is 0 Å². The Morgan fingerprint density at radius 2 is 1.88 bits per heavy atom. The lowest BCUT2D eigenvalue weighted by Crippen LogP contribution is -2.44. The molecule has 0 unspecified atom stereocenters. The summed E-state index contributed by atoms with van der Waals surface area (Å²) < 4.78 is 10.8. The molecule has 3 heterocycles. The summed E-state index contributed by atoms with van der Waals surface area (Å²) in [6.07, 6.45) is 1.62. The van der Waals surface area contributed by atoms with Crippen LogP contribution >= 0.6 is 0 Å². The van der Waals surface area contributed by atoms with Crippen LogP contribution in [0.25, 0.3) is 22.1 Å². The van der Waals surface area contributed by atoms with Crippen molar-refractivity contribution >= 4 is 16.7 Å². The molecule has 0 spiro atoms. The molecule has 0 radical (unpaired) electrons. The summed E-state index contributed by atoms with van der Waals surface area (Å²) >= 11 is 0. The second-order valence-corrected chi connectivity index (χ2v) is 6.55. The van der Waals surface area contributed by atoms with Crippen LogP contribution in [0, 0.1) is 0 Å². The Balaban J connectivity index is 1.72. The van der Waals surface area contributed by atoms with E-state index in [1.54, 1.807) is 25.4 Å². The van der Waals surface area contributed by atoms with Gasteiger partial charge in [0.1, 0.15) is 5.58 Å². The van der Waals surface area contributed by atoms with E-state index in [1.807, 2.05) is 18.2 Å². The Morgan fingerprint density at radius 1 is 1.08 bits per heavy atom. The van der Waals surface area contributed by atoms with Crippen molar-refractivity contribution < 1.29 is 9.15 Å². The number of ether oxygens (including phenoxy) is 1. The Bertz CT molecular complexity index is 991. The van der Waals surface area contributed by atoms with Crippen molar-refractivity contribution in [2.75, 3.05) is 45.2 Å². The van der Waals surface area contributed by atoms with Gasteiger partial charge in [0.25, 0.3) is 0 Å². The van der Waals surface area contributed by atoms with Crippen molar-refractivity contribution in [1.82, 2.24) is 9.88 Å². The molecule has 1 fully saturated rings. The minimum absolute atomic E-state index is 0.360. The van der Waals surface area contributed by atoms with Gasteiger partial charge in [-0.2, -0.15) is 0 Å². The summed E-state index contributed by atoms with van der Waals surface area (Å²) in [7, 11) is 3.68. The normalized spacial score (nSPS) is 15.4. The van der Waals surface area contributed by atoms with Crippen LogP contribution in [0.4, 0.5) is 5.69 Å². The standard InChI is InChI=1S/C20H21N3O3/c1-22-7-9-23(10-8-22)16-4-3-15-11-17(20(24)26-18(15)13-16)14-5-6-21-19(12-14)25-2/h3-6,11-13H,7-10H2,1-2H3. The SMILES string of the molecule is COc1cc(-c2cc3ccc(N4CCN(C)CC4)cc3oc2=O)ccn1. The van der Waals surface area contributed by atoms with Crippen molar-refractivity contribution in [3.05, 3.63) is 53.0 Å². The molecule has 0 N–H and O–H groups in total. The zero-order valence-corrected chi connectivity index (χ0v) is 14.9. The number of hydrogen-bond acceptors (Lipinski definition) is 6. The van der Waals surface area contributed by atoms with Crippen LogP contribution in [0.5, 0.6) is 5.88 Å². The summed E-state index contributed by atoms with van der Waals surface area (Å²) in [4.78, 5) is 21.2. The van der Waals surface area contributed by atoms with E-state index in [0.717, 1.165) is 42.8 Å². The van der Waals surface area contributed by atoms with Crippen LogP contribution in [0.15, 0.2) is 51.8 Å². The molecule has 1 aliphatic rings. The molecule has 0 saturated carbocycles. The van der Waals surface area contributed by atoms with E-state index in [4.69, 9.17) is 9.15 Å². The molecule has 2 aromatic heterocycles. The minimum atomic E-state index is -0.360.